The summed E-state index contributed by atoms with van der Waals surface area (Å²) in [5, 5.41) is 3.10. The van der Waals surface area contributed by atoms with Gasteiger partial charge in [-0.05, 0) is 36.6 Å². The van der Waals surface area contributed by atoms with E-state index < -0.39 is 0 Å². The minimum Gasteiger partial charge on any atom is -0.438 e. The van der Waals surface area contributed by atoms with Crippen LogP contribution in [0.3, 0.4) is 0 Å². The molecule has 2 rings (SSSR count). The van der Waals surface area contributed by atoms with Crippen LogP contribution in [0.5, 0.6) is 11.6 Å². The molecule has 1 aromatic carbocycles. The van der Waals surface area contributed by atoms with Gasteiger partial charge in [0.2, 0.25) is 11.8 Å². The Hall–Kier alpha value is -1.82. The zero-order valence-electron chi connectivity index (χ0n) is 12.4. The molecule has 0 saturated carbocycles. The standard InChI is InChI=1S/C15H19BrN4O/c1-4-18-13-8-14(20-15(17)19-13)21-12-6-5-10(16)7-11(12)9(2)3/h5-9H,4H2,1-3H3,(H3,17,18,19,20). The number of anilines is 2. The molecule has 1 heterocycles. The van der Waals surface area contributed by atoms with Crippen LogP contribution in [0.1, 0.15) is 32.3 Å². The van der Waals surface area contributed by atoms with Gasteiger partial charge in [0.15, 0.2) is 0 Å². The molecule has 0 amide bonds. The molecule has 0 spiro atoms. The number of nitrogen functional groups attached to an aromatic ring is 1. The summed E-state index contributed by atoms with van der Waals surface area (Å²) in [6.07, 6.45) is 0. The van der Waals surface area contributed by atoms with Crippen molar-refractivity contribution in [3.05, 3.63) is 34.3 Å². The Morgan fingerprint density at radius 1 is 1.29 bits per heavy atom. The summed E-state index contributed by atoms with van der Waals surface area (Å²) in [5.74, 6) is 2.39. The van der Waals surface area contributed by atoms with Gasteiger partial charge in [0.25, 0.3) is 0 Å². The zero-order chi connectivity index (χ0) is 15.4. The van der Waals surface area contributed by atoms with Crippen molar-refractivity contribution in [1.29, 1.82) is 0 Å². The Bertz CT molecular complexity index is 631. The summed E-state index contributed by atoms with van der Waals surface area (Å²) >= 11 is 3.48. The van der Waals surface area contributed by atoms with Gasteiger partial charge in [0.1, 0.15) is 11.6 Å². The van der Waals surface area contributed by atoms with Crippen molar-refractivity contribution in [2.45, 2.75) is 26.7 Å². The number of nitrogens with two attached hydrogens (primary N) is 1. The molecule has 0 unspecified atom stereocenters. The fourth-order valence-corrected chi connectivity index (χ4v) is 2.32. The van der Waals surface area contributed by atoms with E-state index in [2.05, 4.69) is 51.1 Å². The number of halogens is 1. The van der Waals surface area contributed by atoms with Crippen LogP contribution in [-0.2, 0) is 0 Å². The molecule has 1 aromatic heterocycles. The van der Waals surface area contributed by atoms with Crippen molar-refractivity contribution in [3.8, 4) is 11.6 Å². The first kappa shape index (κ1) is 15.6. The minimum absolute atomic E-state index is 0.187. The first-order valence-corrected chi connectivity index (χ1v) is 7.64. The highest BCUT2D eigenvalue weighted by atomic mass is 79.9. The summed E-state index contributed by atoms with van der Waals surface area (Å²) in [6, 6.07) is 7.66. The van der Waals surface area contributed by atoms with Crippen LogP contribution in [0.15, 0.2) is 28.7 Å². The molecular weight excluding hydrogens is 332 g/mol. The summed E-state index contributed by atoms with van der Waals surface area (Å²) in [7, 11) is 0. The van der Waals surface area contributed by atoms with E-state index in [0.717, 1.165) is 22.3 Å². The van der Waals surface area contributed by atoms with Crippen molar-refractivity contribution in [2.75, 3.05) is 17.6 Å². The first-order chi connectivity index (χ1) is 9.99. The van der Waals surface area contributed by atoms with Gasteiger partial charge in [-0.2, -0.15) is 9.97 Å². The maximum Gasteiger partial charge on any atom is 0.226 e. The summed E-state index contributed by atoms with van der Waals surface area (Å²) in [5.41, 5.74) is 6.82. The zero-order valence-corrected chi connectivity index (χ0v) is 13.9. The SMILES string of the molecule is CCNc1cc(Oc2ccc(Br)cc2C(C)C)nc(N)n1. The number of rotatable bonds is 5. The number of nitrogens with zero attached hydrogens (tertiary/aromatic N) is 2. The van der Waals surface area contributed by atoms with Gasteiger partial charge >= 0.3 is 0 Å². The lowest BCUT2D eigenvalue weighted by atomic mass is 10.0. The number of nitrogens with one attached hydrogen (secondary N) is 1. The van der Waals surface area contributed by atoms with Gasteiger partial charge in [0.05, 0.1) is 0 Å². The van der Waals surface area contributed by atoms with E-state index in [1.54, 1.807) is 6.07 Å². The second kappa shape index (κ2) is 6.76. The fraction of sp³-hybridized carbons (Fsp3) is 0.333. The highest BCUT2D eigenvalue weighted by molar-refractivity contribution is 9.10. The monoisotopic (exact) mass is 350 g/mol. The molecule has 2 aromatic rings. The van der Waals surface area contributed by atoms with E-state index in [0.29, 0.717) is 17.6 Å². The molecule has 5 nitrogen and oxygen atoms in total. The van der Waals surface area contributed by atoms with Crippen LogP contribution < -0.4 is 15.8 Å². The number of ether oxygens (including phenoxy) is 1. The van der Waals surface area contributed by atoms with E-state index in [-0.39, 0.29) is 5.95 Å². The summed E-state index contributed by atoms with van der Waals surface area (Å²) in [4.78, 5) is 8.23. The average Bonchev–Trinajstić information content (AvgIpc) is 2.40. The van der Waals surface area contributed by atoms with Crippen LogP contribution in [-0.4, -0.2) is 16.5 Å². The van der Waals surface area contributed by atoms with E-state index in [9.17, 15) is 0 Å². The van der Waals surface area contributed by atoms with Crippen LogP contribution in [0.25, 0.3) is 0 Å². The third-order valence-corrected chi connectivity index (χ3v) is 3.38. The van der Waals surface area contributed by atoms with E-state index in [4.69, 9.17) is 10.5 Å². The van der Waals surface area contributed by atoms with Crippen LogP contribution in [0.4, 0.5) is 11.8 Å². The lowest BCUT2D eigenvalue weighted by molar-refractivity contribution is 0.454. The second-order valence-electron chi connectivity index (χ2n) is 4.92. The predicted molar refractivity (Wildman–Crippen MR) is 88.9 cm³/mol. The normalized spacial score (nSPS) is 10.7. The van der Waals surface area contributed by atoms with Crippen LogP contribution >= 0.6 is 15.9 Å². The smallest absolute Gasteiger partial charge is 0.226 e. The Morgan fingerprint density at radius 2 is 2.05 bits per heavy atom. The minimum atomic E-state index is 0.187. The van der Waals surface area contributed by atoms with Crippen molar-refractivity contribution in [1.82, 2.24) is 9.97 Å². The van der Waals surface area contributed by atoms with Gasteiger partial charge in [0, 0.05) is 17.1 Å². The van der Waals surface area contributed by atoms with Gasteiger partial charge in [-0.1, -0.05) is 29.8 Å². The molecule has 0 fully saturated rings. The topological polar surface area (TPSA) is 73.1 Å². The van der Waals surface area contributed by atoms with Crippen LogP contribution in [0, 0.1) is 0 Å². The van der Waals surface area contributed by atoms with Crippen LogP contribution in [0.2, 0.25) is 0 Å². The van der Waals surface area contributed by atoms with Crippen molar-refractivity contribution >= 4 is 27.7 Å². The maximum atomic E-state index is 5.90. The number of hydrogen-bond acceptors (Lipinski definition) is 5. The van der Waals surface area contributed by atoms with Gasteiger partial charge < -0.3 is 15.8 Å². The molecular formula is C15H19BrN4O. The molecule has 6 heteroatoms. The lowest BCUT2D eigenvalue weighted by Crippen LogP contribution is -2.04. The number of aromatic nitrogens is 2. The first-order valence-electron chi connectivity index (χ1n) is 6.85. The lowest BCUT2D eigenvalue weighted by Gasteiger charge is -2.14. The van der Waals surface area contributed by atoms with Crippen molar-refractivity contribution in [3.63, 3.8) is 0 Å². The highest BCUT2D eigenvalue weighted by Gasteiger charge is 2.11. The fourth-order valence-electron chi connectivity index (χ4n) is 1.94. The quantitative estimate of drug-likeness (QED) is 0.846. The molecule has 0 aliphatic heterocycles. The summed E-state index contributed by atoms with van der Waals surface area (Å²) in [6.45, 7) is 6.98. The third kappa shape index (κ3) is 4.07. The molecule has 21 heavy (non-hydrogen) atoms. The van der Waals surface area contributed by atoms with E-state index in [1.807, 2.05) is 19.1 Å². The second-order valence-corrected chi connectivity index (χ2v) is 5.83. The van der Waals surface area contributed by atoms with Gasteiger partial charge in [-0.15, -0.1) is 0 Å². The average molecular weight is 351 g/mol. The van der Waals surface area contributed by atoms with Gasteiger partial charge in [-0.3, -0.25) is 0 Å². The molecule has 3 N–H and O–H groups in total. The Labute approximate surface area is 133 Å². The number of benzene rings is 1. The van der Waals surface area contributed by atoms with E-state index in [1.165, 1.54) is 0 Å². The molecule has 0 atom stereocenters. The Kier molecular flexibility index (Phi) is 5.01. The molecule has 0 bridgehead atoms. The maximum absolute atomic E-state index is 5.90. The summed E-state index contributed by atoms with van der Waals surface area (Å²) < 4.78 is 6.92. The highest BCUT2D eigenvalue weighted by Crippen LogP contribution is 2.32. The molecule has 0 aliphatic rings. The molecule has 0 aliphatic carbocycles. The molecule has 0 saturated heterocycles. The van der Waals surface area contributed by atoms with E-state index >= 15 is 0 Å². The molecule has 112 valence electrons. The Morgan fingerprint density at radius 3 is 2.71 bits per heavy atom. The van der Waals surface area contributed by atoms with Crippen molar-refractivity contribution in [2.24, 2.45) is 0 Å². The Balaban J connectivity index is 2.33. The van der Waals surface area contributed by atoms with Gasteiger partial charge in [-0.25, -0.2) is 0 Å². The third-order valence-electron chi connectivity index (χ3n) is 2.89. The number of hydrogen-bond donors (Lipinski definition) is 2. The predicted octanol–water partition coefficient (Wildman–Crippen LogP) is 4.17. The van der Waals surface area contributed by atoms with Crippen molar-refractivity contribution < 1.29 is 4.74 Å². The largest absolute Gasteiger partial charge is 0.438 e. The molecule has 0 radical (unpaired) electrons.